The molecule has 2 heterocycles. The molecule has 0 spiro atoms. The first kappa shape index (κ1) is 13.4. The topological polar surface area (TPSA) is 60.7 Å². The summed E-state index contributed by atoms with van der Waals surface area (Å²) in [6.07, 6.45) is 2.51. The smallest absolute Gasteiger partial charge is 0.254 e. The minimum absolute atomic E-state index is 0.539. The van der Waals surface area contributed by atoms with Gasteiger partial charge in [0.05, 0.1) is 11.4 Å². The SMILES string of the molecule is CCc1nnc(-n2c(C)cc(C=O)c2C)nc1CC. The van der Waals surface area contributed by atoms with E-state index in [4.69, 9.17) is 0 Å². The van der Waals surface area contributed by atoms with Gasteiger partial charge in [0.2, 0.25) is 0 Å². The van der Waals surface area contributed by atoms with Gasteiger partial charge >= 0.3 is 0 Å². The van der Waals surface area contributed by atoms with Crippen LogP contribution in [-0.2, 0) is 12.8 Å². The second-order valence-electron chi connectivity index (χ2n) is 4.49. The van der Waals surface area contributed by atoms with E-state index in [2.05, 4.69) is 22.1 Å². The molecule has 0 bridgehead atoms. The van der Waals surface area contributed by atoms with E-state index < -0.39 is 0 Å². The predicted molar refractivity (Wildman–Crippen MR) is 72.8 cm³/mol. The molecule has 0 unspecified atom stereocenters. The van der Waals surface area contributed by atoms with Crippen LogP contribution in [0.25, 0.3) is 5.95 Å². The number of hydrogen-bond acceptors (Lipinski definition) is 4. The van der Waals surface area contributed by atoms with E-state index >= 15 is 0 Å². The Morgan fingerprint density at radius 2 is 1.84 bits per heavy atom. The van der Waals surface area contributed by atoms with Crippen molar-refractivity contribution in [3.63, 3.8) is 0 Å². The molecule has 0 saturated heterocycles. The lowest BCUT2D eigenvalue weighted by atomic mass is 10.2. The van der Waals surface area contributed by atoms with Crippen molar-refractivity contribution in [2.24, 2.45) is 0 Å². The number of aldehydes is 1. The summed E-state index contributed by atoms with van der Waals surface area (Å²) < 4.78 is 1.87. The van der Waals surface area contributed by atoms with Crippen molar-refractivity contribution < 1.29 is 4.79 Å². The number of rotatable bonds is 4. The van der Waals surface area contributed by atoms with Crippen molar-refractivity contribution in [2.75, 3.05) is 0 Å². The van der Waals surface area contributed by atoms with Crippen LogP contribution in [0.5, 0.6) is 0 Å². The summed E-state index contributed by atoms with van der Waals surface area (Å²) in [6, 6.07) is 1.84. The molecule has 0 radical (unpaired) electrons. The lowest BCUT2D eigenvalue weighted by molar-refractivity contribution is 0.112. The first-order valence-electron chi connectivity index (χ1n) is 6.49. The van der Waals surface area contributed by atoms with Crippen LogP contribution >= 0.6 is 0 Å². The van der Waals surface area contributed by atoms with Gasteiger partial charge in [-0.2, -0.15) is 0 Å². The lowest BCUT2D eigenvalue weighted by Gasteiger charge is -2.09. The summed E-state index contributed by atoms with van der Waals surface area (Å²) in [6.45, 7) is 7.92. The molecule has 0 amide bonds. The van der Waals surface area contributed by atoms with Gasteiger partial charge in [0.15, 0.2) is 6.29 Å². The van der Waals surface area contributed by atoms with E-state index in [9.17, 15) is 4.79 Å². The molecule has 0 aliphatic heterocycles. The third-order valence-corrected chi connectivity index (χ3v) is 3.30. The number of aryl methyl sites for hydroxylation is 3. The molecule has 5 heteroatoms. The van der Waals surface area contributed by atoms with Crippen LogP contribution in [0.1, 0.15) is 47.0 Å². The van der Waals surface area contributed by atoms with Gasteiger partial charge in [-0.3, -0.25) is 9.36 Å². The quantitative estimate of drug-likeness (QED) is 0.789. The fraction of sp³-hybridized carbons (Fsp3) is 0.429. The first-order chi connectivity index (χ1) is 9.12. The third-order valence-electron chi connectivity index (χ3n) is 3.30. The summed E-state index contributed by atoms with van der Waals surface area (Å²) in [5.41, 5.74) is 4.35. The largest absolute Gasteiger partial charge is 0.298 e. The summed E-state index contributed by atoms with van der Waals surface area (Å²) in [7, 11) is 0. The Bertz CT molecular complexity index is 616. The molecule has 0 saturated carbocycles. The van der Waals surface area contributed by atoms with E-state index in [-0.39, 0.29) is 0 Å². The Hall–Kier alpha value is -2.04. The van der Waals surface area contributed by atoms with Crippen molar-refractivity contribution in [1.82, 2.24) is 19.7 Å². The van der Waals surface area contributed by atoms with E-state index in [1.807, 2.05) is 31.4 Å². The zero-order valence-corrected chi connectivity index (χ0v) is 11.8. The number of carbonyl (C=O) groups is 1. The predicted octanol–water partition coefficient (Wildman–Crippen LogP) is 2.22. The third kappa shape index (κ3) is 2.28. The summed E-state index contributed by atoms with van der Waals surface area (Å²) in [4.78, 5) is 15.6. The lowest BCUT2D eigenvalue weighted by Crippen LogP contribution is -2.11. The summed E-state index contributed by atoms with van der Waals surface area (Å²) in [5, 5.41) is 8.42. The van der Waals surface area contributed by atoms with Gasteiger partial charge in [-0.25, -0.2) is 4.98 Å². The van der Waals surface area contributed by atoms with Gasteiger partial charge in [-0.05, 0) is 32.8 Å². The van der Waals surface area contributed by atoms with E-state index in [1.54, 1.807) is 0 Å². The molecule has 2 aromatic rings. The molecule has 2 aromatic heterocycles. The maximum Gasteiger partial charge on any atom is 0.254 e. The number of nitrogens with zero attached hydrogens (tertiary/aromatic N) is 4. The van der Waals surface area contributed by atoms with Gasteiger partial charge < -0.3 is 0 Å². The average molecular weight is 258 g/mol. The Labute approximate surface area is 112 Å². The second kappa shape index (κ2) is 5.30. The van der Waals surface area contributed by atoms with Crippen LogP contribution in [0.15, 0.2) is 6.07 Å². The van der Waals surface area contributed by atoms with Crippen molar-refractivity contribution in [2.45, 2.75) is 40.5 Å². The monoisotopic (exact) mass is 258 g/mol. The highest BCUT2D eigenvalue weighted by Gasteiger charge is 2.14. The van der Waals surface area contributed by atoms with Crippen LogP contribution in [0.4, 0.5) is 0 Å². The van der Waals surface area contributed by atoms with Gasteiger partial charge in [-0.1, -0.05) is 13.8 Å². The van der Waals surface area contributed by atoms with E-state index in [0.29, 0.717) is 11.5 Å². The fourth-order valence-corrected chi connectivity index (χ4v) is 2.24. The highest BCUT2D eigenvalue weighted by molar-refractivity contribution is 5.77. The average Bonchev–Trinajstić information content (AvgIpc) is 2.72. The Balaban J connectivity index is 2.59. The number of carbonyl (C=O) groups excluding carboxylic acids is 1. The minimum atomic E-state index is 0.539. The highest BCUT2D eigenvalue weighted by Crippen LogP contribution is 2.17. The fourth-order valence-electron chi connectivity index (χ4n) is 2.24. The van der Waals surface area contributed by atoms with Crippen molar-refractivity contribution in [3.8, 4) is 5.95 Å². The zero-order valence-electron chi connectivity index (χ0n) is 11.8. The molecule has 0 aliphatic carbocycles. The molecule has 5 nitrogen and oxygen atoms in total. The van der Waals surface area contributed by atoms with Crippen LogP contribution in [0.3, 0.4) is 0 Å². The highest BCUT2D eigenvalue weighted by atomic mass is 16.1. The van der Waals surface area contributed by atoms with Gasteiger partial charge in [0, 0.05) is 17.0 Å². The second-order valence-corrected chi connectivity index (χ2v) is 4.49. The molecular formula is C14H18N4O. The van der Waals surface area contributed by atoms with Crippen molar-refractivity contribution >= 4 is 6.29 Å². The molecule has 0 aromatic carbocycles. The van der Waals surface area contributed by atoms with Crippen LogP contribution in [0, 0.1) is 13.8 Å². The standard InChI is InChI=1S/C14H18N4O/c1-5-12-13(6-2)16-17-14(15-12)18-9(3)7-11(8-19)10(18)4/h7-8H,5-6H2,1-4H3. The molecule has 19 heavy (non-hydrogen) atoms. The van der Waals surface area contributed by atoms with Gasteiger partial charge in [0.25, 0.3) is 5.95 Å². The maximum absolute atomic E-state index is 11.0. The normalized spacial score (nSPS) is 10.7. The molecule has 0 fully saturated rings. The maximum atomic E-state index is 11.0. The van der Waals surface area contributed by atoms with Crippen LogP contribution in [-0.4, -0.2) is 26.0 Å². The summed E-state index contributed by atoms with van der Waals surface area (Å²) >= 11 is 0. The Kier molecular flexibility index (Phi) is 3.74. The van der Waals surface area contributed by atoms with E-state index in [0.717, 1.165) is 41.9 Å². The number of hydrogen-bond donors (Lipinski definition) is 0. The molecule has 100 valence electrons. The van der Waals surface area contributed by atoms with Crippen molar-refractivity contribution in [1.29, 1.82) is 0 Å². The van der Waals surface area contributed by atoms with Gasteiger partial charge in [-0.15, -0.1) is 10.2 Å². The molecule has 2 rings (SSSR count). The Morgan fingerprint density at radius 3 is 2.37 bits per heavy atom. The molecular weight excluding hydrogens is 240 g/mol. The number of aromatic nitrogens is 4. The molecule has 0 atom stereocenters. The zero-order chi connectivity index (χ0) is 14.0. The minimum Gasteiger partial charge on any atom is -0.298 e. The Morgan fingerprint density at radius 1 is 1.16 bits per heavy atom. The first-order valence-corrected chi connectivity index (χ1v) is 6.49. The molecule has 0 N–H and O–H groups in total. The van der Waals surface area contributed by atoms with Crippen LogP contribution < -0.4 is 0 Å². The van der Waals surface area contributed by atoms with Crippen molar-refractivity contribution in [3.05, 3.63) is 34.4 Å². The molecule has 0 aliphatic rings. The van der Waals surface area contributed by atoms with Gasteiger partial charge in [0.1, 0.15) is 0 Å². The van der Waals surface area contributed by atoms with E-state index in [1.165, 1.54) is 0 Å². The van der Waals surface area contributed by atoms with Crippen LogP contribution in [0.2, 0.25) is 0 Å². The summed E-state index contributed by atoms with van der Waals surface area (Å²) in [5.74, 6) is 0.539.